The first-order valence-electron chi connectivity index (χ1n) is 4.77. The number of allylic oxidation sites excluding steroid dienone is 1. The Bertz CT molecular complexity index is 514. The summed E-state index contributed by atoms with van der Waals surface area (Å²) in [5.41, 5.74) is 0.717. The van der Waals surface area contributed by atoms with Crippen molar-refractivity contribution in [3.8, 4) is 0 Å². The van der Waals surface area contributed by atoms with Crippen LogP contribution >= 0.6 is 27.3 Å². The van der Waals surface area contributed by atoms with E-state index in [1.807, 2.05) is 47.9 Å². The monoisotopic (exact) mass is 292 g/mol. The maximum atomic E-state index is 11.7. The van der Waals surface area contributed by atoms with Crippen LogP contribution in [-0.2, 0) is 0 Å². The minimum absolute atomic E-state index is 0.0325. The van der Waals surface area contributed by atoms with E-state index >= 15 is 0 Å². The Hall–Kier alpha value is -1.19. The van der Waals surface area contributed by atoms with Gasteiger partial charge in [0.05, 0.1) is 0 Å². The molecule has 0 aliphatic heterocycles. The van der Waals surface area contributed by atoms with Crippen molar-refractivity contribution in [3.05, 3.63) is 62.8 Å². The van der Waals surface area contributed by atoms with Gasteiger partial charge in [0.2, 0.25) is 0 Å². The van der Waals surface area contributed by atoms with Crippen molar-refractivity contribution in [2.24, 2.45) is 0 Å². The van der Waals surface area contributed by atoms with Crippen LogP contribution < -0.4 is 0 Å². The average molecular weight is 293 g/mol. The van der Waals surface area contributed by atoms with Crippen molar-refractivity contribution >= 4 is 39.1 Å². The molecule has 0 N–H and O–H groups in total. The molecule has 2 rings (SSSR count). The first kappa shape index (κ1) is 11.3. The highest BCUT2D eigenvalue weighted by Gasteiger charge is 1.99. The smallest absolute Gasteiger partial charge is 0.185 e. The summed E-state index contributed by atoms with van der Waals surface area (Å²) in [4.78, 5) is 12.8. The summed E-state index contributed by atoms with van der Waals surface area (Å²) < 4.78 is 1.05. The Morgan fingerprint density at radius 3 is 2.62 bits per heavy atom. The van der Waals surface area contributed by atoms with Crippen LogP contribution in [0.25, 0.3) is 6.08 Å². The van der Waals surface area contributed by atoms with Crippen molar-refractivity contribution in [1.82, 2.24) is 0 Å². The maximum absolute atomic E-state index is 11.7. The van der Waals surface area contributed by atoms with Crippen LogP contribution in [0.3, 0.4) is 0 Å². The molecule has 0 saturated heterocycles. The third-order valence-corrected chi connectivity index (χ3v) is 3.70. The highest BCUT2D eigenvalue weighted by atomic mass is 79.9. The number of rotatable bonds is 3. The van der Waals surface area contributed by atoms with Gasteiger partial charge in [-0.1, -0.05) is 30.3 Å². The zero-order chi connectivity index (χ0) is 11.4. The van der Waals surface area contributed by atoms with Gasteiger partial charge in [0.1, 0.15) is 0 Å². The molecule has 0 spiro atoms. The van der Waals surface area contributed by atoms with E-state index < -0.39 is 0 Å². The molecule has 0 aliphatic carbocycles. The van der Waals surface area contributed by atoms with Gasteiger partial charge in [-0.2, -0.15) is 0 Å². The van der Waals surface area contributed by atoms with Crippen molar-refractivity contribution in [2.75, 3.05) is 0 Å². The third kappa shape index (κ3) is 2.90. The molecule has 2 aromatic rings. The van der Waals surface area contributed by atoms with Crippen LogP contribution in [0.15, 0.2) is 52.3 Å². The Morgan fingerprint density at radius 2 is 2.00 bits per heavy atom. The Labute approximate surface area is 107 Å². The van der Waals surface area contributed by atoms with Crippen LogP contribution in [0.2, 0.25) is 0 Å². The Morgan fingerprint density at radius 1 is 1.25 bits per heavy atom. The average Bonchev–Trinajstić information content (AvgIpc) is 2.73. The zero-order valence-corrected chi connectivity index (χ0v) is 10.8. The predicted molar refractivity (Wildman–Crippen MR) is 71.8 cm³/mol. The number of ketones is 1. The molecule has 3 heteroatoms. The second-order valence-electron chi connectivity index (χ2n) is 3.23. The van der Waals surface area contributed by atoms with Gasteiger partial charge in [-0.05, 0) is 34.1 Å². The second-order valence-corrected chi connectivity index (χ2v) is 5.09. The van der Waals surface area contributed by atoms with Gasteiger partial charge < -0.3 is 0 Å². The fourth-order valence-corrected chi connectivity index (χ4v) is 2.61. The van der Waals surface area contributed by atoms with Crippen LogP contribution in [-0.4, -0.2) is 5.78 Å². The standard InChI is InChI=1S/C13H9BrOS/c14-11-8-12(16-9-11)6-7-13(15)10-4-2-1-3-5-10/h1-9H. The molecule has 80 valence electrons. The van der Waals surface area contributed by atoms with Gasteiger partial charge in [-0.15, -0.1) is 11.3 Å². The first-order valence-corrected chi connectivity index (χ1v) is 6.44. The molecule has 1 nitrogen and oxygen atoms in total. The summed E-state index contributed by atoms with van der Waals surface area (Å²) in [6, 6.07) is 11.2. The van der Waals surface area contributed by atoms with E-state index in [2.05, 4.69) is 15.9 Å². The van der Waals surface area contributed by atoms with Gasteiger partial charge in [0.25, 0.3) is 0 Å². The largest absolute Gasteiger partial charge is 0.289 e. The van der Waals surface area contributed by atoms with E-state index in [0.717, 1.165) is 14.9 Å². The number of carbonyl (C=O) groups is 1. The van der Waals surface area contributed by atoms with Crippen molar-refractivity contribution in [1.29, 1.82) is 0 Å². The molecule has 0 amide bonds. The number of halogens is 1. The van der Waals surface area contributed by atoms with E-state index in [0.29, 0.717) is 0 Å². The van der Waals surface area contributed by atoms with E-state index in [9.17, 15) is 4.79 Å². The van der Waals surface area contributed by atoms with E-state index in [1.54, 1.807) is 17.4 Å². The first-order chi connectivity index (χ1) is 7.75. The van der Waals surface area contributed by atoms with E-state index in [4.69, 9.17) is 0 Å². The molecule has 1 aromatic carbocycles. The lowest BCUT2D eigenvalue weighted by atomic mass is 10.1. The summed E-state index contributed by atoms with van der Waals surface area (Å²) in [5, 5.41) is 1.99. The molecular weight excluding hydrogens is 284 g/mol. The fraction of sp³-hybridized carbons (Fsp3) is 0. The fourth-order valence-electron chi connectivity index (χ4n) is 1.27. The maximum Gasteiger partial charge on any atom is 0.185 e. The van der Waals surface area contributed by atoms with Gasteiger partial charge in [0, 0.05) is 20.3 Å². The Balaban J connectivity index is 2.11. The van der Waals surface area contributed by atoms with Crippen molar-refractivity contribution in [2.45, 2.75) is 0 Å². The Kier molecular flexibility index (Phi) is 3.70. The minimum atomic E-state index is 0.0325. The number of hydrogen-bond acceptors (Lipinski definition) is 2. The number of carbonyl (C=O) groups excluding carboxylic acids is 1. The summed E-state index contributed by atoms with van der Waals surface area (Å²) in [5.74, 6) is 0.0325. The van der Waals surface area contributed by atoms with Gasteiger partial charge >= 0.3 is 0 Å². The van der Waals surface area contributed by atoms with Crippen LogP contribution in [0.5, 0.6) is 0 Å². The summed E-state index contributed by atoms with van der Waals surface area (Å²) in [7, 11) is 0. The minimum Gasteiger partial charge on any atom is -0.289 e. The number of hydrogen-bond donors (Lipinski definition) is 0. The second kappa shape index (κ2) is 5.23. The molecule has 0 saturated carbocycles. The van der Waals surface area contributed by atoms with Gasteiger partial charge in [-0.3, -0.25) is 4.79 Å². The van der Waals surface area contributed by atoms with E-state index in [-0.39, 0.29) is 5.78 Å². The zero-order valence-electron chi connectivity index (χ0n) is 8.39. The molecule has 0 aliphatic rings. The molecular formula is C13H9BrOS. The highest BCUT2D eigenvalue weighted by molar-refractivity contribution is 9.10. The van der Waals surface area contributed by atoms with Crippen LogP contribution in [0, 0.1) is 0 Å². The molecule has 0 atom stereocenters. The predicted octanol–water partition coefficient (Wildman–Crippen LogP) is 4.41. The van der Waals surface area contributed by atoms with E-state index in [1.165, 1.54) is 0 Å². The quantitative estimate of drug-likeness (QED) is 0.605. The van der Waals surface area contributed by atoms with Gasteiger partial charge in [0.15, 0.2) is 5.78 Å². The molecule has 0 bridgehead atoms. The van der Waals surface area contributed by atoms with Crippen LogP contribution in [0.4, 0.5) is 0 Å². The third-order valence-electron chi connectivity index (χ3n) is 2.05. The number of benzene rings is 1. The van der Waals surface area contributed by atoms with Crippen molar-refractivity contribution < 1.29 is 4.79 Å². The number of thiophene rings is 1. The molecule has 1 aromatic heterocycles. The lowest BCUT2D eigenvalue weighted by molar-refractivity contribution is 0.104. The lowest BCUT2D eigenvalue weighted by Crippen LogP contribution is -1.92. The summed E-state index contributed by atoms with van der Waals surface area (Å²) >= 11 is 4.98. The lowest BCUT2D eigenvalue weighted by Gasteiger charge is -1.92. The highest BCUT2D eigenvalue weighted by Crippen LogP contribution is 2.20. The summed E-state index contributed by atoms with van der Waals surface area (Å²) in [6.45, 7) is 0. The molecule has 0 fully saturated rings. The molecule has 16 heavy (non-hydrogen) atoms. The summed E-state index contributed by atoms with van der Waals surface area (Å²) in [6.07, 6.45) is 3.44. The topological polar surface area (TPSA) is 17.1 Å². The molecule has 0 unspecified atom stereocenters. The van der Waals surface area contributed by atoms with Gasteiger partial charge in [-0.25, -0.2) is 0 Å². The van der Waals surface area contributed by atoms with Crippen LogP contribution in [0.1, 0.15) is 15.2 Å². The molecule has 0 radical (unpaired) electrons. The molecule has 1 heterocycles. The SMILES string of the molecule is O=C(C=Cc1cc(Br)cs1)c1ccccc1. The normalized spacial score (nSPS) is 10.8. The van der Waals surface area contributed by atoms with Crippen molar-refractivity contribution in [3.63, 3.8) is 0 Å².